The van der Waals surface area contributed by atoms with Crippen LogP contribution in [0, 0.1) is 12.8 Å². The zero-order chi connectivity index (χ0) is 20.2. The van der Waals surface area contributed by atoms with Crippen LogP contribution in [0.1, 0.15) is 44.2 Å². The van der Waals surface area contributed by atoms with Gasteiger partial charge in [-0.15, -0.1) is 0 Å². The Labute approximate surface area is 170 Å². The van der Waals surface area contributed by atoms with Gasteiger partial charge in [-0.05, 0) is 56.9 Å². The highest BCUT2D eigenvalue weighted by Gasteiger charge is 2.24. The van der Waals surface area contributed by atoms with E-state index in [2.05, 4.69) is 25.5 Å². The van der Waals surface area contributed by atoms with Crippen molar-refractivity contribution in [2.24, 2.45) is 5.92 Å². The van der Waals surface area contributed by atoms with Crippen molar-refractivity contribution in [1.29, 1.82) is 0 Å². The van der Waals surface area contributed by atoms with E-state index in [1.807, 2.05) is 37.3 Å². The predicted molar refractivity (Wildman–Crippen MR) is 114 cm³/mol. The number of hydrogen-bond donors (Lipinski definition) is 2. The van der Waals surface area contributed by atoms with Crippen LogP contribution in [0.15, 0.2) is 30.3 Å². The number of anilines is 4. The van der Waals surface area contributed by atoms with E-state index >= 15 is 0 Å². The summed E-state index contributed by atoms with van der Waals surface area (Å²) in [4.78, 5) is 35.2. The molecule has 1 aliphatic carbocycles. The molecule has 0 atom stereocenters. The van der Waals surface area contributed by atoms with Crippen LogP contribution in [0.4, 0.5) is 23.1 Å². The Morgan fingerprint density at radius 1 is 1.03 bits per heavy atom. The van der Waals surface area contributed by atoms with Gasteiger partial charge in [-0.2, -0.15) is 4.98 Å². The van der Waals surface area contributed by atoms with Gasteiger partial charge in [0.15, 0.2) is 0 Å². The summed E-state index contributed by atoms with van der Waals surface area (Å²) in [7, 11) is 0. The molecule has 1 saturated carbocycles. The van der Waals surface area contributed by atoms with E-state index in [0.29, 0.717) is 25.7 Å². The summed E-state index contributed by atoms with van der Waals surface area (Å²) in [6, 6.07) is 9.53. The lowest BCUT2D eigenvalue weighted by Crippen LogP contribution is -2.27. The molecule has 1 aliphatic heterocycles. The summed E-state index contributed by atoms with van der Waals surface area (Å²) >= 11 is 0. The highest BCUT2D eigenvalue weighted by Crippen LogP contribution is 2.25. The third-order valence-electron chi connectivity index (χ3n) is 5.57. The smallest absolute Gasteiger partial charge is 0.227 e. The van der Waals surface area contributed by atoms with E-state index in [-0.39, 0.29) is 17.6 Å². The molecule has 2 fully saturated rings. The van der Waals surface area contributed by atoms with Crippen molar-refractivity contribution in [3.05, 3.63) is 36.0 Å². The molecule has 1 amide bonds. The second-order valence-electron chi connectivity index (χ2n) is 7.89. The predicted octanol–water partition coefficient (Wildman–Crippen LogP) is 3.83. The SMILES string of the molecule is Cc1cc(Nc2ccc(NC(=O)C3CCC(=O)CC3)cc2)nc(N2CCCC2)n1. The normalized spacial score (nSPS) is 17.4. The topological polar surface area (TPSA) is 87.2 Å². The zero-order valence-electron chi connectivity index (χ0n) is 16.8. The van der Waals surface area contributed by atoms with Crippen molar-refractivity contribution in [2.75, 3.05) is 28.6 Å². The van der Waals surface area contributed by atoms with E-state index in [0.717, 1.165) is 41.9 Å². The van der Waals surface area contributed by atoms with Crippen molar-refractivity contribution in [2.45, 2.75) is 45.4 Å². The van der Waals surface area contributed by atoms with Gasteiger partial charge in [-0.3, -0.25) is 9.59 Å². The Morgan fingerprint density at radius 3 is 2.38 bits per heavy atom. The van der Waals surface area contributed by atoms with Crippen LogP contribution in [0.25, 0.3) is 0 Å². The van der Waals surface area contributed by atoms with E-state index in [9.17, 15) is 9.59 Å². The Morgan fingerprint density at radius 2 is 1.69 bits per heavy atom. The van der Waals surface area contributed by atoms with Gasteiger partial charge in [0.05, 0.1) is 0 Å². The average molecular weight is 393 g/mol. The van der Waals surface area contributed by atoms with Crippen LogP contribution in [0.2, 0.25) is 0 Å². The molecule has 0 radical (unpaired) electrons. The Balaban J connectivity index is 1.38. The lowest BCUT2D eigenvalue weighted by Gasteiger charge is -2.20. The van der Waals surface area contributed by atoms with Crippen LogP contribution >= 0.6 is 0 Å². The second-order valence-corrected chi connectivity index (χ2v) is 7.89. The van der Waals surface area contributed by atoms with E-state index < -0.39 is 0 Å². The first-order valence-corrected chi connectivity index (χ1v) is 10.4. The number of benzene rings is 1. The van der Waals surface area contributed by atoms with Gasteiger partial charge in [0.1, 0.15) is 11.6 Å². The van der Waals surface area contributed by atoms with Crippen molar-refractivity contribution < 1.29 is 9.59 Å². The molecule has 152 valence electrons. The lowest BCUT2D eigenvalue weighted by atomic mass is 9.88. The second kappa shape index (κ2) is 8.59. The lowest BCUT2D eigenvalue weighted by molar-refractivity contribution is -0.125. The van der Waals surface area contributed by atoms with Crippen molar-refractivity contribution in [3.63, 3.8) is 0 Å². The maximum Gasteiger partial charge on any atom is 0.227 e. The first-order chi connectivity index (χ1) is 14.1. The van der Waals surface area contributed by atoms with Gasteiger partial charge in [0.2, 0.25) is 11.9 Å². The molecule has 0 bridgehead atoms. The van der Waals surface area contributed by atoms with Gasteiger partial charge in [0, 0.05) is 55.0 Å². The number of aryl methyl sites for hydroxylation is 1. The summed E-state index contributed by atoms with van der Waals surface area (Å²) in [5.41, 5.74) is 2.59. The highest BCUT2D eigenvalue weighted by atomic mass is 16.2. The largest absolute Gasteiger partial charge is 0.341 e. The van der Waals surface area contributed by atoms with Crippen molar-refractivity contribution in [1.82, 2.24) is 9.97 Å². The third kappa shape index (κ3) is 4.91. The number of Topliss-reactive ketones (excluding diaryl/α,β-unsaturated/α-hetero) is 1. The minimum atomic E-state index is -0.0708. The summed E-state index contributed by atoms with van der Waals surface area (Å²) in [5.74, 6) is 1.73. The maximum atomic E-state index is 12.4. The number of aromatic nitrogens is 2. The van der Waals surface area contributed by atoms with Gasteiger partial charge >= 0.3 is 0 Å². The molecule has 7 nitrogen and oxygen atoms in total. The highest BCUT2D eigenvalue weighted by molar-refractivity contribution is 5.94. The molecular formula is C22H27N5O2. The molecule has 7 heteroatoms. The first-order valence-electron chi connectivity index (χ1n) is 10.4. The average Bonchev–Trinajstić information content (AvgIpc) is 3.24. The molecule has 1 aromatic heterocycles. The number of hydrogen-bond acceptors (Lipinski definition) is 6. The molecule has 1 aromatic carbocycles. The van der Waals surface area contributed by atoms with Crippen LogP contribution < -0.4 is 15.5 Å². The maximum absolute atomic E-state index is 12.4. The summed E-state index contributed by atoms with van der Waals surface area (Å²) in [6.07, 6.45) is 4.69. The monoisotopic (exact) mass is 393 g/mol. The molecular weight excluding hydrogens is 366 g/mol. The molecule has 1 saturated heterocycles. The Bertz CT molecular complexity index is 881. The van der Waals surface area contributed by atoms with Crippen LogP contribution in [0.3, 0.4) is 0 Å². The fourth-order valence-electron chi connectivity index (χ4n) is 3.91. The molecule has 0 spiro atoms. The number of amides is 1. The Hall–Kier alpha value is -2.96. The van der Waals surface area contributed by atoms with E-state index in [1.165, 1.54) is 12.8 Å². The van der Waals surface area contributed by atoms with E-state index in [1.54, 1.807) is 0 Å². The number of rotatable bonds is 5. The molecule has 29 heavy (non-hydrogen) atoms. The molecule has 2 aliphatic rings. The minimum absolute atomic E-state index is 0.000102. The Kier molecular flexibility index (Phi) is 5.74. The summed E-state index contributed by atoms with van der Waals surface area (Å²) < 4.78 is 0. The number of carbonyl (C=O) groups is 2. The van der Waals surface area contributed by atoms with Crippen LogP contribution in [0.5, 0.6) is 0 Å². The summed E-state index contributed by atoms with van der Waals surface area (Å²) in [5, 5.41) is 6.29. The fraction of sp³-hybridized carbons (Fsp3) is 0.455. The number of carbonyl (C=O) groups excluding carboxylic acids is 2. The van der Waals surface area contributed by atoms with Crippen molar-refractivity contribution in [3.8, 4) is 0 Å². The van der Waals surface area contributed by atoms with Gasteiger partial charge in [-0.1, -0.05) is 0 Å². The zero-order valence-corrected chi connectivity index (χ0v) is 16.8. The fourth-order valence-corrected chi connectivity index (χ4v) is 3.91. The molecule has 2 aromatic rings. The molecule has 2 N–H and O–H groups in total. The molecule has 2 heterocycles. The molecule has 0 unspecified atom stereocenters. The van der Waals surface area contributed by atoms with Crippen molar-refractivity contribution >= 4 is 34.8 Å². The quantitative estimate of drug-likeness (QED) is 0.803. The summed E-state index contributed by atoms with van der Waals surface area (Å²) in [6.45, 7) is 3.99. The standard InChI is InChI=1S/C22H27N5O2/c1-15-14-20(26-22(23-15)27-12-2-3-13-27)24-17-6-8-18(9-7-17)25-21(29)16-4-10-19(28)11-5-16/h6-9,14,16H,2-5,10-13H2,1H3,(H,25,29)(H,23,24,26). The number of nitrogens with one attached hydrogen (secondary N) is 2. The van der Waals surface area contributed by atoms with Gasteiger partial charge in [0.25, 0.3) is 0 Å². The van der Waals surface area contributed by atoms with Crippen LogP contribution in [-0.2, 0) is 9.59 Å². The number of nitrogens with zero attached hydrogens (tertiary/aromatic N) is 3. The third-order valence-corrected chi connectivity index (χ3v) is 5.57. The van der Waals surface area contributed by atoms with E-state index in [4.69, 9.17) is 0 Å². The van der Waals surface area contributed by atoms with Crippen LogP contribution in [-0.4, -0.2) is 34.7 Å². The minimum Gasteiger partial charge on any atom is -0.341 e. The van der Waals surface area contributed by atoms with Gasteiger partial charge < -0.3 is 15.5 Å². The first kappa shape index (κ1) is 19.4. The molecule has 4 rings (SSSR count). The number of ketones is 1. The van der Waals surface area contributed by atoms with Gasteiger partial charge in [-0.25, -0.2) is 4.98 Å².